The molecule has 0 fully saturated rings. The molecule has 1 aliphatic rings. The summed E-state index contributed by atoms with van der Waals surface area (Å²) in [5.41, 5.74) is 0. The summed E-state index contributed by atoms with van der Waals surface area (Å²) in [6, 6.07) is 7.08. The number of nitrogens with zero attached hydrogens (tertiary/aromatic N) is 1. The molecule has 2 heterocycles. The fourth-order valence-electron chi connectivity index (χ4n) is 1.66. The number of phosphoric ester groups is 1. The normalized spacial score (nSPS) is 17.3. The molecule has 8 nitrogen and oxygen atoms in total. The van der Waals surface area contributed by atoms with E-state index in [1.165, 1.54) is 0 Å². The Labute approximate surface area is 134 Å². The number of fused-ring (bicyclic) bond motifs is 2. The molecule has 0 aliphatic carbocycles. The van der Waals surface area contributed by atoms with Crippen LogP contribution in [0.4, 0.5) is 0 Å². The summed E-state index contributed by atoms with van der Waals surface area (Å²) in [6.07, 6.45) is 3.53. The van der Waals surface area contributed by atoms with Gasteiger partial charge < -0.3 is 19.4 Å². The van der Waals surface area contributed by atoms with E-state index in [1.54, 1.807) is 36.7 Å². The highest BCUT2D eigenvalue weighted by molar-refractivity contribution is 7.47. The monoisotopic (exact) mass is 342 g/mol. The van der Waals surface area contributed by atoms with Crippen molar-refractivity contribution in [1.29, 1.82) is 0 Å². The molecule has 1 aromatic carbocycles. The number of aryl methyl sites for hydroxylation is 1. The number of benzene rings is 1. The molecule has 0 unspecified atom stereocenters. The Kier molecular flexibility index (Phi) is 6.61. The van der Waals surface area contributed by atoms with Crippen LogP contribution in [-0.4, -0.2) is 41.3 Å². The molecule has 0 atom stereocenters. The van der Waals surface area contributed by atoms with Crippen LogP contribution in [0, 0.1) is 6.92 Å². The van der Waals surface area contributed by atoms with Gasteiger partial charge in [-0.3, -0.25) is 9.05 Å². The Balaban J connectivity index is 0.000000268. The van der Waals surface area contributed by atoms with Crippen molar-refractivity contribution in [2.75, 3.05) is 26.4 Å². The number of hydrogen-bond donors (Lipinski definition) is 2. The summed E-state index contributed by atoms with van der Waals surface area (Å²) in [7, 11) is -3.99. The van der Waals surface area contributed by atoms with Crippen LogP contribution in [0.1, 0.15) is 5.82 Å². The van der Waals surface area contributed by atoms with Crippen LogP contribution in [-0.2, 0) is 13.6 Å². The maximum Gasteiger partial charge on any atom is 0.472 e. The van der Waals surface area contributed by atoms with E-state index in [4.69, 9.17) is 9.47 Å². The highest BCUT2D eigenvalue weighted by atomic mass is 31.2. The standard InChI is InChI=1S/C10H13O6P.C4H6N2/c11-17(12)15-6-4-13-9-2-1-3-10(8-9)14-5-7-16-17;1-4-5-2-3-6-4/h1-3,8H,4-7H2,(H,11,12);2-3H,1H3,(H,5,6). The van der Waals surface area contributed by atoms with Crippen molar-refractivity contribution in [3.63, 3.8) is 0 Å². The minimum Gasteiger partial charge on any atom is -0.491 e. The first kappa shape index (κ1) is 17.5. The molecule has 0 radical (unpaired) electrons. The van der Waals surface area contributed by atoms with Gasteiger partial charge in [0.15, 0.2) is 0 Å². The van der Waals surface area contributed by atoms with Crippen molar-refractivity contribution in [3.8, 4) is 11.5 Å². The second-order valence-corrected chi connectivity index (χ2v) is 5.93. The van der Waals surface area contributed by atoms with E-state index in [1.807, 2.05) is 6.92 Å². The van der Waals surface area contributed by atoms with Crippen molar-refractivity contribution in [2.24, 2.45) is 0 Å². The maximum absolute atomic E-state index is 11.3. The summed E-state index contributed by atoms with van der Waals surface area (Å²) >= 11 is 0. The number of aromatic nitrogens is 2. The minimum atomic E-state index is -3.99. The van der Waals surface area contributed by atoms with Gasteiger partial charge in [0.25, 0.3) is 0 Å². The fourth-order valence-corrected chi connectivity index (χ4v) is 2.34. The Hall–Kier alpha value is -1.86. The van der Waals surface area contributed by atoms with Crippen LogP contribution in [0.3, 0.4) is 0 Å². The average molecular weight is 342 g/mol. The van der Waals surface area contributed by atoms with Gasteiger partial charge in [0.2, 0.25) is 0 Å². The molecule has 2 N–H and O–H groups in total. The summed E-state index contributed by atoms with van der Waals surface area (Å²) in [4.78, 5) is 16.0. The lowest BCUT2D eigenvalue weighted by Gasteiger charge is -2.15. The number of ether oxygens (including phenoxy) is 2. The molecule has 0 amide bonds. The van der Waals surface area contributed by atoms with Gasteiger partial charge >= 0.3 is 7.82 Å². The number of hydrogen-bond acceptors (Lipinski definition) is 6. The molecule has 1 aromatic heterocycles. The second kappa shape index (κ2) is 8.69. The molecule has 23 heavy (non-hydrogen) atoms. The maximum atomic E-state index is 11.3. The first-order valence-electron chi connectivity index (χ1n) is 6.99. The predicted molar refractivity (Wildman–Crippen MR) is 82.5 cm³/mol. The van der Waals surface area contributed by atoms with Gasteiger partial charge in [0.05, 0.1) is 13.2 Å². The van der Waals surface area contributed by atoms with E-state index in [2.05, 4.69) is 19.0 Å². The van der Waals surface area contributed by atoms with E-state index < -0.39 is 7.82 Å². The van der Waals surface area contributed by atoms with E-state index in [9.17, 15) is 9.46 Å². The van der Waals surface area contributed by atoms with Gasteiger partial charge in [0, 0.05) is 18.5 Å². The largest absolute Gasteiger partial charge is 0.491 e. The van der Waals surface area contributed by atoms with E-state index >= 15 is 0 Å². The van der Waals surface area contributed by atoms with Gasteiger partial charge in [-0.25, -0.2) is 9.55 Å². The van der Waals surface area contributed by atoms with Crippen molar-refractivity contribution in [1.82, 2.24) is 9.97 Å². The molecule has 0 spiro atoms. The quantitative estimate of drug-likeness (QED) is 0.708. The third kappa shape index (κ3) is 6.83. The summed E-state index contributed by atoms with van der Waals surface area (Å²) in [5, 5.41) is 0. The van der Waals surface area contributed by atoms with Crippen LogP contribution >= 0.6 is 7.82 Å². The van der Waals surface area contributed by atoms with Gasteiger partial charge in [-0.05, 0) is 19.1 Å². The topological polar surface area (TPSA) is 103 Å². The molecular formula is C14H19N2O6P. The van der Waals surface area contributed by atoms with Crippen molar-refractivity contribution < 1.29 is 28.0 Å². The minimum absolute atomic E-state index is 0.0150. The lowest BCUT2D eigenvalue weighted by atomic mass is 10.3. The van der Waals surface area contributed by atoms with Gasteiger partial charge in [0.1, 0.15) is 30.5 Å². The Bertz CT molecular complexity index is 603. The number of rotatable bonds is 0. The Morgan fingerprint density at radius 2 is 1.74 bits per heavy atom. The van der Waals surface area contributed by atoms with Crippen LogP contribution in [0.2, 0.25) is 0 Å². The number of imidazole rings is 1. The van der Waals surface area contributed by atoms with Crippen LogP contribution in [0.25, 0.3) is 0 Å². The van der Waals surface area contributed by atoms with Crippen molar-refractivity contribution >= 4 is 7.82 Å². The van der Waals surface area contributed by atoms with E-state index in [0.717, 1.165) is 5.82 Å². The van der Waals surface area contributed by atoms with Gasteiger partial charge in [-0.2, -0.15) is 0 Å². The molecule has 9 heteroatoms. The zero-order valence-electron chi connectivity index (χ0n) is 12.7. The molecular weight excluding hydrogens is 323 g/mol. The van der Waals surface area contributed by atoms with Crippen LogP contribution < -0.4 is 9.47 Å². The number of aromatic amines is 1. The van der Waals surface area contributed by atoms with Crippen LogP contribution in [0.15, 0.2) is 36.7 Å². The highest BCUT2D eigenvalue weighted by Crippen LogP contribution is 2.42. The first-order valence-corrected chi connectivity index (χ1v) is 8.48. The molecule has 2 bridgehead atoms. The van der Waals surface area contributed by atoms with Gasteiger partial charge in [-0.15, -0.1) is 0 Å². The van der Waals surface area contributed by atoms with Crippen molar-refractivity contribution in [2.45, 2.75) is 6.92 Å². The molecule has 3 rings (SSSR count). The van der Waals surface area contributed by atoms with Gasteiger partial charge in [-0.1, -0.05) is 6.07 Å². The number of H-pyrrole nitrogens is 1. The van der Waals surface area contributed by atoms with Crippen molar-refractivity contribution in [3.05, 3.63) is 42.5 Å². The molecule has 0 saturated carbocycles. The molecule has 0 saturated heterocycles. The third-order valence-electron chi connectivity index (χ3n) is 2.65. The summed E-state index contributed by atoms with van der Waals surface area (Å²) in [6.45, 7) is 2.21. The average Bonchev–Trinajstić information content (AvgIpc) is 3.00. The fraction of sp³-hybridized carbons (Fsp3) is 0.357. The summed E-state index contributed by atoms with van der Waals surface area (Å²) in [5.74, 6) is 2.22. The third-order valence-corrected chi connectivity index (χ3v) is 3.67. The number of phosphoric acid groups is 1. The lowest BCUT2D eigenvalue weighted by molar-refractivity contribution is 0.112. The second-order valence-electron chi connectivity index (χ2n) is 4.48. The molecule has 2 aromatic rings. The lowest BCUT2D eigenvalue weighted by Crippen LogP contribution is -2.11. The Morgan fingerprint density at radius 3 is 2.17 bits per heavy atom. The first-order chi connectivity index (χ1) is 11.1. The zero-order chi connectivity index (χ0) is 16.5. The Morgan fingerprint density at radius 1 is 1.13 bits per heavy atom. The molecule has 1 aliphatic heterocycles. The molecule has 126 valence electrons. The predicted octanol–water partition coefficient (Wildman–Crippen LogP) is 2.31. The summed E-state index contributed by atoms with van der Waals surface area (Å²) < 4.78 is 31.3. The van der Waals surface area contributed by atoms with Crippen LogP contribution in [0.5, 0.6) is 11.5 Å². The number of nitrogens with one attached hydrogen (secondary N) is 1. The highest BCUT2D eigenvalue weighted by Gasteiger charge is 2.20. The SMILES string of the molecule is Cc1ncc[nH]1.O=P1(O)OCCOc2cccc(c2)OCCO1. The zero-order valence-corrected chi connectivity index (χ0v) is 13.6. The van der Waals surface area contributed by atoms with E-state index in [0.29, 0.717) is 11.5 Å². The van der Waals surface area contributed by atoms with E-state index in [-0.39, 0.29) is 26.4 Å². The smallest absolute Gasteiger partial charge is 0.472 e.